The van der Waals surface area contributed by atoms with Crippen LogP contribution in [0.2, 0.25) is 0 Å². The number of thiol groups is 1. The lowest BCUT2D eigenvalue weighted by atomic mass is 10.4. The highest BCUT2D eigenvalue weighted by atomic mass is 32.1. The average Bonchev–Trinajstić information content (AvgIpc) is 1.61. The summed E-state index contributed by atoms with van der Waals surface area (Å²) in [5, 5.41) is 2.51. The van der Waals surface area contributed by atoms with E-state index in [1.807, 2.05) is 0 Å². The van der Waals surface area contributed by atoms with Gasteiger partial charge in [0.15, 0.2) is 0 Å². The number of hydrogen-bond donors (Lipinski definition) is 1. The Hall–Kier alpha value is -0.0900. The molecule has 0 aliphatic carbocycles. The number of rotatable bonds is 1. The monoisotopic (exact) mass is 100 g/mol. The van der Waals surface area contributed by atoms with Gasteiger partial charge in [0.05, 0.1) is 0 Å². The lowest BCUT2D eigenvalue weighted by molar-refractivity contribution is 0.984. The Balaban J connectivity index is 2.79. The van der Waals surface area contributed by atoms with Crippen LogP contribution in [0, 0.1) is 11.2 Å². The molecule has 1 heteroatoms. The van der Waals surface area contributed by atoms with Crippen molar-refractivity contribution in [1.82, 2.24) is 0 Å². The van der Waals surface area contributed by atoms with E-state index in [0.29, 0.717) is 0 Å². The van der Waals surface area contributed by atoms with Gasteiger partial charge in [-0.2, -0.15) is 0 Å². The third-order valence-corrected chi connectivity index (χ3v) is 0.612. The fourth-order valence-electron chi connectivity index (χ4n) is 0.181. The zero-order chi connectivity index (χ0) is 4.83. The molecule has 6 heavy (non-hydrogen) atoms. The third-order valence-electron chi connectivity index (χ3n) is 0.454. The number of hydrogen-bond acceptors (Lipinski definition) is 1. The van der Waals surface area contributed by atoms with Crippen LogP contribution in [0.5, 0.6) is 0 Å². The summed E-state index contributed by atoms with van der Waals surface area (Å²) in [4.78, 5) is 0. The normalized spacial score (nSPS) is 6.33. The molecule has 0 unspecified atom stereocenters. The van der Waals surface area contributed by atoms with Crippen LogP contribution in [0.4, 0.5) is 0 Å². The molecular weight excluding hydrogens is 92.1 g/mol. The Bertz CT molecular complexity index is 65.7. The van der Waals surface area contributed by atoms with E-state index in [1.54, 1.807) is 0 Å². The standard InChI is InChI=1S/C5H8S/c1-2-3-4-5-6/h6H,2-3H2,1H3. The Morgan fingerprint density at radius 3 is 2.50 bits per heavy atom. The second kappa shape index (κ2) is 4.91. The molecule has 0 saturated carbocycles. The van der Waals surface area contributed by atoms with Gasteiger partial charge in [0, 0.05) is 6.42 Å². The fraction of sp³-hybridized carbons (Fsp3) is 0.600. The van der Waals surface area contributed by atoms with Gasteiger partial charge in [-0.15, -0.1) is 0 Å². The van der Waals surface area contributed by atoms with Gasteiger partial charge in [0.25, 0.3) is 0 Å². The van der Waals surface area contributed by atoms with Gasteiger partial charge in [-0.1, -0.05) is 25.5 Å². The Kier molecular flexibility index (Phi) is 4.84. The second-order valence-corrected chi connectivity index (χ2v) is 1.26. The Labute approximate surface area is 44.4 Å². The van der Waals surface area contributed by atoms with Crippen LogP contribution in [0.25, 0.3) is 0 Å². The molecule has 0 aromatic rings. The minimum Gasteiger partial charge on any atom is -0.0922 e. The molecule has 0 amide bonds. The maximum absolute atomic E-state index is 3.69. The first-order valence-electron chi connectivity index (χ1n) is 2.03. The first-order valence-corrected chi connectivity index (χ1v) is 2.48. The molecule has 0 rings (SSSR count). The molecule has 0 atom stereocenters. The molecule has 0 heterocycles. The predicted octanol–water partition coefficient (Wildman–Crippen LogP) is 1.68. The zero-order valence-electron chi connectivity index (χ0n) is 3.86. The fourth-order valence-corrected chi connectivity index (χ4v) is 0.293. The highest BCUT2D eigenvalue weighted by Gasteiger charge is 1.64. The molecule has 0 bridgehead atoms. The number of unbranched alkanes of at least 4 members (excludes halogenated alkanes) is 1. The summed E-state index contributed by atoms with van der Waals surface area (Å²) in [6.07, 6.45) is 2.11. The van der Waals surface area contributed by atoms with Gasteiger partial charge in [-0.05, 0) is 11.7 Å². The lowest BCUT2D eigenvalue weighted by Crippen LogP contribution is -1.55. The van der Waals surface area contributed by atoms with Gasteiger partial charge in [0.1, 0.15) is 0 Å². The van der Waals surface area contributed by atoms with Crippen molar-refractivity contribution in [3.05, 3.63) is 0 Å². The van der Waals surface area contributed by atoms with Crippen LogP contribution in [-0.4, -0.2) is 0 Å². The van der Waals surface area contributed by atoms with Gasteiger partial charge in [0.2, 0.25) is 0 Å². The van der Waals surface area contributed by atoms with Crippen LogP contribution in [-0.2, 0) is 0 Å². The molecule has 0 spiro atoms. The topological polar surface area (TPSA) is 0 Å². The van der Waals surface area contributed by atoms with Crippen LogP contribution >= 0.6 is 12.6 Å². The molecule has 0 aliphatic heterocycles. The van der Waals surface area contributed by atoms with E-state index in [2.05, 4.69) is 30.7 Å². The van der Waals surface area contributed by atoms with Crippen molar-refractivity contribution in [2.45, 2.75) is 19.8 Å². The minimum absolute atomic E-state index is 0.976. The van der Waals surface area contributed by atoms with Crippen molar-refractivity contribution in [2.75, 3.05) is 0 Å². The zero-order valence-corrected chi connectivity index (χ0v) is 4.76. The first-order chi connectivity index (χ1) is 2.91. The van der Waals surface area contributed by atoms with Gasteiger partial charge in [-0.3, -0.25) is 0 Å². The lowest BCUT2D eigenvalue weighted by Gasteiger charge is -1.71. The summed E-state index contributed by atoms with van der Waals surface area (Å²) >= 11 is 3.69. The molecule has 0 N–H and O–H groups in total. The predicted molar refractivity (Wildman–Crippen MR) is 31.7 cm³/mol. The molecule has 0 fully saturated rings. The van der Waals surface area contributed by atoms with E-state index in [1.165, 1.54) is 0 Å². The smallest absolute Gasteiger partial charge is 0.00949 e. The van der Waals surface area contributed by atoms with Crippen LogP contribution < -0.4 is 0 Å². The van der Waals surface area contributed by atoms with E-state index >= 15 is 0 Å². The van der Waals surface area contributed by atoms with Crippen molar-refractivity contribution in [3.63, 3.8) is 0 Å². The van der Waals surface area contributed by atoms with Crippen LogP contribution in [0.1, 0.15) is 19.8 Å². The average molecular weight is 100 g/mol. The van der Waals surface area contributed by atoms with Crippen molar-refractivity contribution in [1.29, 1.82) is 0 Å². The van der Waals surface area contributed by atoms with Crippen molar-refractivity contribution >= 4 is 12.6 Å². The second-order valence-electron chi connectivity index (χ2n) is 1.04. The third kappa shape index (κ3) is 3.91. The van der Waals surface area contributed by atoms with Gasteiger partial charge in [-0.25, -0.2) is 0 Å². The molecular formula is C5H8S. The van der Waals surface area contributed by atoms with Crippen molar-refractivity contribution in [3.8, 4) is 11.2 Å². The van der Waals surface area contributed by atoms with Crippen molar-refractivity contribution < 1.29 is 0 Å². The van der Waals surface area contributed by atoms with E-state index in [9.17, 15) is 0 Å². The SMILES string of the molecule is CCCC#CS. The Morgan fingerprint density at radius 2 is 2.33 bits per heavy atom. The van der Waals surface area contributed by atoms with Gasteiger partial charge >= 0.3 is 0 Å². The largest absolute Gasteiger partial charge is 0.0922 e. The summed E-state index contributed by atoms with van der Waals surface area (Å²) < 4.78 is 0. The maximum Gasteiger partial charge on any atom is 0.00949 e. The van der Waals surface area contributed by atoms with Crippen LogP contribution in [0.3, 0.4) is 0 Å². The minimum atomic E-state index is 0.976. The van der Waals surface area contributed by atoms with E-state index < -0.39 is 0 Å². The molecule has 0 nitrogen and oxygen atoms in total. The highest BCUT2D eigenvalue weighted by molar-refractivity contribution is 7.85. The summed E-state index contributed by atoms with van der Waals surface area (Å²) in [6.45, 7) is 2.10. The summed E-state index contributed by atoms with van der Waals surface area (Å²) in [5.41, 5.74) is 0. The summed E-state index contributed by atoms with van der Waals surface area (Å²) in [6, 6.07) is 0. The molecule has 34 valence electrons. The first kappa shape index (κ1) is 5.91. The quantitative estimate of drug-likeness (QED) is 0.376. The highest BCUT2D eigenvalue weighted by Crippen LogP contribution is 1.80. The Morgan fingerprint density at radius 1 is 1.67 bits per heavy atom. The molecule has 0 saturated heterocycles. The summed E-state index contributed by atoms with van der Waals surface area (Å²) in [7, 11) is 0. The van der Waals surface area contributed by atoms with Gasteiger partial charge < -0.3 is 0 Å². The van der Waals surface area contributed by atoms with Crippen LogP contribution in [0.15, 0.2) is 0 Å². The van der Waals surface area contributed by atoms with E-state index in [-0.39, 0.29) is 0 Å². The molecule has 0 radical (unpaired) electrons. The molecule has 0 aromatic carbocycles. The molecule has 0 aliphatic rings. The van der Waals surface area contributed by atoms with E-state index in [4.69, 9.17) is 0 Å². The molecule has 0 aromatic heterocycles. The summed E-state index contributed by atoms with van der Waals surface area (Å²) in [5.74, 6) is 2.81. The van der Waals surface area contributed by atoms with Crippen molar-refractivity contribution in [2.24, 2.45) is 0 Å². The van der Waals surface area contributed by atoms with E-state index in [0.717, 1.165) is 12.8 Å². The maximum atomic E-state index is 3.69.